The molecule has 0 saturated carbocycles. The van der Waals surface area contributed by atoms with Gasteiger partial charge in [0, 0.05) is 25.6 Å². The standard InChI is InChI=1S/C26H30F2N6O11S/c27-26(28)21(38)17(15-35)44-24(26)33-13-11-18(31-25(33)39)30-20(37)10-9-19(36)29-12-5-2-6-14-43-22-23(34(40)45-32-22)46(41,42)16-7-3-1-4-8-16/h1,3-4,7-8,11,13,17,21,24,35,38H,2,5-6,9-10,12,14-15H2,(H,29,36)(H,30,31,37,39)/t17-,21-,24-/m1/s1. The summed E-state index contributed by atoms with van der Waals surface area (Å²) < 4.78 is 69.2. The van der Waals surface area contributed by atoms with Gasteiger partial charge in [-0.2, -0.15) is 13.8 Å². The number of halogens is 2. The molecule has 1 fully saturated rings. The Labute approximate surface area is 259 Å². The lowest BCUT2D eigenvalue weighted by atomic mass is 10.1. The molecule has 0 unspecified atom stereocenters. The van der Waals surface area contributed by atoms with Gasteiger partial charge in [-0.1, -0.05) is 18.2 Å². The fourth-order valence-corrected chi connectivity index (χ4v) is 5.64. The molecule has 250 valence electrons. The third-order valence-electron chi connectivity index (χ3n) is 6.73. The third-order valence-corrected chi connectivity index (χ3v) is 8.45. The number of benzene rings is 1. The fraction of sp³-hybridized carbons (Fsp3) is 0.462. The molecular weight excluding hydrogens is 642 g/mol. The topological polar surface area (TPSA) is 239 Å². The SMILES string of the molecule is O=C(CCC(=O)Nc1ccn([C@@H]2O[C@H](CO)[C@@H](O)C2(F)F)c(=O)n1)NCCCCCOc1no[n+]([O-])c1S(=O)(=O)c1ccccc1. The Morgan fingerprint density at radius 2 is 1.85 bits per heavy atom. The average Bonchev–Trinajstić information content (AvgIpc) is 3.51. The largest absolute Gasteiger partial charge is 0.454 e. The van der Waals surface area contributed by atoms with E-state index >= 15 is 0 Å². The second-order valence-electron chi connectivity index (χ2n) is 10.00. The summed E-state index contributed by atoms with van der Waals surface area (Å²) in [5, 5.41) is 38.1. The number of alkyl halides is 2. The smallest absolute Gasteiger partial charge is 0.414 e. The number of carbonyl (C=O) groups excluding carboxylic acids is 2. The fourth-order valence-electron chi connectivity index (χ4n) is 4.34. The Morgan fingerprint density at radius 3 is 2.52 bits per heavy atom. The lowest BCUT2D eigenvalue weighted by molar-refractivity contribution is -0.832. The number of anilines is 1. The Bertz CT molecular complexity index is 1690. The summed E-state index contributed by atoms with van der Waals surface area (Å²) in [7, 11) is -4.23. The van der Waals surface area contributed by atoms with Crippen LogP contribution in [0, 0.1) is 5.21 Å². The van der Waals surface area contributed by atoms with Gasteiger partial charge in [0.05, 0.1) is 23.3 Å². The van der Waals surface area contributed by atoms with Crippen molar-refractivity contribution in [2.45, 2.75) is 66.4 Å². The van der Waals surface area contributed by atoms with Crippen molar-refractivity contribution in [1.82, 2.24) is 20.0 Å². The van der Waals surface area contributed by atoms with Crippen molar-refractivity contribution >= 4 is 27.5 Å². The van der Waals surface area contributed by atoms with Crippen LogP contribution in [0.1, 0.15) is 38.3 Å². The van der Waals surface area contributed by atoms with Crippen LogP contribution in [0.5, 0.6) is 5.88 Å². The highest BCUT2D eigenvalue weighted by Gasteiger charge is 2.59. The summed E-state index contributed by atoms with van der Waals surface area (Å²) in [4.78, 5) is 39.7. The molecule has 3 aromatic rings. The van der Waals surface area contributed by atoms with Crippen molar-refractivity contribution in [2.75, 3.05) is 25.1 Å². The van der Waals surface area contributed by atoms with Crippen molar-refractivity contribution < 1.29 is 56.0 Å². The van der Waals surface area contributed by atoms with Crippen LogP contribution in [0.4, 0.5) is 14.6 Å². The van der Waals surface area contributed by atoms with Crippen molar-refractivity contribution in [3.63, 3.8) is 0 Å². The molecule has 3 heterocycles. The van der Waals surface area contributed by atoms with Crippen LogP contribution in [-0.4, -0.2) is 83.0 Å². The molecule has 2 aromatic heterocycles. The second-order valence-corrected chi connectivity index (χ2v) is 11.9. The molecule has 1 saturated heterocycles. The number of aliphatic hydroxyl groups is 2. The van der Waals surface area contributed by atoms with Gasteiger partial charge in [0.15, 0.2) is 6.10 Å². The number of hydrogen-bond donors (Lipinski definition) is 4. The highest BCUT2D eigenvalue weighted by Crippen LogP contribution is 2.42. The molecule has 20 heteroatoms. The summed E-state index contributed by atoms with van der Waals surface area (Å²) in [5.41, 5.74) is -1.20. The number of sulfone groups is 1. The molecule has 0 aliphatic carbocycles. The zero-order valence-electron chi connectivity index (χ0n) is 24.0. The van der Waals surface area contributed by atoms with Crippen LogP contribution in [0.3, 0.4) is 0 Å². The van der Waals surface area contributed by atoms with E-state index in [1.807, 2.05) is 0 Å². The second kappa shape index (κ2) is 14.7. The summed E-state index contributed by atoms with van der Waals surface area (Å²) in [5.74, 6) is -5.72. The van der Waals surface area contributed by atoms with E-state index in [-0.39, 0.29) is 41.6 Å². The molecule has 17 nitrogen and oxygen atoms in total. The minimum Gasteiger partial charge on any atom is -0.454 e. The van der Waals surface area contributed by atoms with E-state index in [2.05, 4.69) is 25.4 Å². The van der Waals surface area contributed by atoms with E-state index in [0.29, 0.717) is 23.8 Å². The molecule has 4 rings (SSSR count). The number of ether oxygens (including phenoxy) is 2. The zero-order chi connectivity index (χ0) is 33.5. The van der Waals surface area contributed by atoms with Gasteiger partial charge in [0.2, 0.25) is 18.0 Å². The van der Waals surface area contributed by atoms with Gasteiger partial charge in [-0.3, -0.25) is 18.8 Å². The van der Waals surface area contributed by atoms with E-state index in [9.17, 15) is 41.9 Å². The maximum Gasteiger partial charge on any atom is 0.414 e. The predicted molar refractivity (Wildman–Crippen MR) is 148 cm³/mol. The van der Waals surface area contributed by atoms with Crippen LogP contribution in [-0.2, 0) is 24.2 Å². The van der Waals surface area contributed by atoms with E-state index < -0.39 is 69.2 Å². The Hall–Kier alpha value is -4.53. The highest BCUT2D eigenvalue weighted by atomic mass is 32.2. The Kier molecular flexibility index (Phi) is 11.0. The molecular formula is C26H30F2N6O11S. The first-order valence-electron chi connectivity index (χ1n) is 13.9. The van der Waals surface area contributed by atoms with E-state index in [0.717, 1.165) is 12.3 Å². The quantitative estimate of drug-likeness (QED) is 0.120. The Morgan fingerprint density at radius 1 is 1.13 bits per heavy atom. The number of unbranched alkanes of at least 4 members (excludes halogenated alkanes) is 2. The lowest BCUT2D eigenvalue weighted by Crippen LogP contribution is -2.41. The van der Waals surface area contributed by atoms with Crippen molar-refractivity contribution in [1.29, 1.82) is 0 Å². The van der Waals surface area contributed by atoms with E-state index in [1.165, 1.54) is 24.3 Å². The molecule has 0 spiro atoms. The molecule has 2 amide bonds. The minimum atomic E-state index is -4.23. The maximum atomic E-state index is 14.3. The summed E-state index contributed by atoms with van der Waals surface area (Å²) in [6, 6.07) is 8.30. The van der Waals surface area contributed by atoms with Crippen LogP contribution in [0.25, 0.3) is 0 Å². The molecule has 1 aliphatic rings. The first-order valence-corrected chi connectivity index (χ1v) is 15.3. The molecule has 4 N–H and O–H groups in total. The average molecular weight is 673 g/mol. The number of carbonyl (C=O) groups is 2. The third kappa shape index (κ3) is 7.81. The summed E-state index contributed by atoms with van der Waals surface area (Å²) in [6.45, 7) is -0.621. The number of aromatic nitrogens is 4. The summed E-state index contributed by atoms with van der Waals surface area (Å²) in [6.07, 6.45) is -4.25. The number of amides is 2. The number of nitrogens with one attached hydrogen (secondary N) is 2. The zero-order valence-corrected chi connectivity index (χ0v) is 24.8. The molecule has 1 aromatic carbocycles. The molecule has 0 bridgehead atoms. The predicted octanol–water partition coefficient (Wildman–Crippen LogP) is -0.332. The van der Waals surface area contributed by atoms with E-state index in [1.54, 1.807) is 6.07 Å². The van der Waals surface area contributed by atoms with Gasteiger partial charge < -0.3 is 35.5 Å². The van der Waals surface area contributed by atoms with Gasteiger partial charge in [-0.05, 0) is 42.4 Å². The molecule has 1 aliphatic heterocycles. The molecule has 3 atom stereocenters. The van der Waals surface area contributed by atoms with Crippen LogP contribution in [0.15, 0.2) is 61.9 Å². The van der Waals surface area contributed by atoms with Crippen LogP contribution in [0.2, 0.25) is 0 Å². The van der Waals surface area contributed by atoms with Gasteiger partial charge in [-0.15, -0.1) is 0 Å². The maximum absolute atomic E-state index is 14.3. The normalized spacial score (nSPS) is 19.1. The lowest BCUT2D eigenvalue weighted by Gasteiger charge is -2.21. The molecule has 46 heavy (non-hydrogen) atoms. The highest BCUT2D eigenvalue weighted by molar-refractivity contribution is 7.91. The van der Waals surface area contributed by atoms with Crippen LogP contribution >= 0.6 is 0 Å². The first-order chi connectivity index (χ1) is 21.9. The van der Waals surface area contributed by atoms with Gasteiger partial charge in [0.25, 0.3) is 9.84 Å². The Balaban J connectivity index is 1.14. The monoisotopic (exact) mass is 672 g/mol. The van der Waals surface area contributed by atoms with Crippen molar-refractivity contribution in [3.05, 3.63) is 58.3 Å². The summed E-state index contributed by atoms with van der Waals surface area (Å²) >= 11 is 0. The van der Waals surface area contributed by atoms with E-state index in [4.69, 9.17) is 14.6 Å². The van der Waals surface area contributed by atoms with Crippen molar-refractivity contribution in [3.8, 4) is 5.88 Å². The van der Waals surface area contributed by atoms with Gasteiger partial charge in [-0.25, -0.2) is 13.2 Å². The number of hydrogen-bond acceptors (Lipinski definition) is 13. The van der Waals surface area contributed by atoms with Gasteiger partial charge in [0.1, 0.15) is 11.9 Å². The number of rotatable bonds is 15. The van der Waals surface area contributed by atoms with Crippen LogP contribution < -0.4 is 26.0 Å². The molecule has 0 radical (unpaired) electrons. The van der Waals surface area contributed by atoms with Gasteiger partial charge >= 0.3 is 22.5 Å². The number of nitrogens with zero attached hydrogens (tertiary/aromatic N) is 4. The number of aliphatic hydroxyl groups excluding tert-OH is 2. The minimum absolute atomic E-state index is 0.0117. The van der Waals surface area contributed by atoms with Crippen molar-refractivity contribution in [2.24, 2.45) is 0 Å². The first kappa shape index (κ1) is 34.3.